The Morgan fingerprint density at radius 2 is 2.16 bits per heavy atom. The summed E-state index contributed by atoms with van der Waals surface area (Å²) >= 11 is 1.68. The Morgan fingerprint density at radius 3 is 2.84 bits per heavy atom. The zero-order chi connectivity index (χ0) is 13.8. The third kappa shape index (κ3) is 3.99. The topological polar surface area (TPSA) is 64.9 Å². The number of thioether (sulfide) groups is 1. The summed E-state index contributed by atoms with van der Waals surface area (Å²) in [6.07, 6.45) is 0.856. The van der Waals surface area contributed by atoms with Crippen LogP contribution in [0.5, 0.6) is 0 Å². The van der Waals surface area contributed by atoms with E-state index in [1.165, 1.54) is 0 Å². The normalized spacial score (nSPS) is 11.2. The van der Waals surface area contributed by atoms with Crippen LogP contribution < -0.4 is 5.73 Å². The summed E-state index contributed by atoms with van der Waals surface area (Å²) in [6.45, 7) is 6.29. The van der Waals surface area contributed by atoms with Crippen LogP contribution >= 0.6 is 11.8 Å². The molecule has 0 saturated heterocycles. The molecule has 0 bridgehead atoms. The lowest BCUT2D eigenvalue weighted by atomic mass is 10.1. The highest BCUT2D eigenvalue weighted by atomic mass is 32.2. The summed E-state index contributed by atoms with van der Waals surface area (Å²) in [7, 11) is 0. The van der Waals surface area contributed by atoms with E-state index in [9.17, 15) is 0 Å². The Hall–Kier alpha value is -1.49. The lowest BCUT2D eigenvalue weighted by molar-refractivity contribution is 0.382. The van der Waals surface area contributed by atoms with Gasteiger partial charge in [-0.05, 0) is 36.6 Å². The molecule has 0 aliphatic carbocycles. The van der Waals surface area contributed by atoms with Crippen LogP contribution in [0.25, 0.3) is 0 Å². The lowest BCUT2D eigenvalue weighted by Gasteiger charge is -2.03. The predicted molar refractivity (Wildman–Crippen MR) is 78.0 cm³/mol. The second-order valence-corrected chi connectivity index (χ2v) is 6.06. The molecule has 2 N–H and O–H groups in total. The zero-order valence-electron chi connectivity index (χ0n) is 11.5. The summed E-state index contributed by atoms with van der Waals surface area (Å²) in [6, 6.07) is 6.01. The zero-order valence-corrected chi connectivity index (χ0v) is 12.3. The molecule has 0 aliphatic rings. The van der Waals surface area contributed by atoms with Gasteiger partial charge in [0.15, 0.2) is 5.82 Å². The first kappa shape index (κ1) is 13.9. The molecule has 1 aromatic carbocycles. The van der Waals surface area contributed by atoms with Crippen LogP contribution in [0.4, 0.5) is 5.69 Å². The van der Waals surface area contributed by atoms with Gasteiger partial charge in [0.05, 0.1) is 5.75 Å². The van der Waals surface area contributed by atoms with E-state index in [2.05, 4.69) is 30.1 Å². The maximum Gasteiger partial charge on any atom is 0.237 e. The number of rotatable bonds is 5. The van der Waals surface area contributed by atoms with E-state index < -0.39 is 0 Å². The van der Waals surface area contributed by atoms with Gasteiger partial charge in [0, 0.05) is 17.0 Å². The first-order valence-corrected chi connectivity index (χ1v) is 7.33. The highest BCUT2D eigenvalue weighted by Gasteiger charge is 2.08. The molecule has 0 aliphatic heterocycles. The molecular weight excluding hydrogens is 258 g/mol. The number of nitrogens with zero attached hydrogens (tertiary/aromatic N) is 2. The third-order valence-electron chi connectivity index (χ3n) is 2.70. The van der Waals surface area contributed by atoms with Crippen LogP contribution in [0, 0.1) is 12.8 Å². The number of hydrogen-bond donors (Lipinski definition) is 1. The van der Waals surface area contributed by atoms with Crippen LogP contribution in [-0.4, -0.2) is 10.1 Å². The molecule has 0 amide bonds. The van der Waals surface area contributed by atoms with Gasteiger partial charge in [-0.25, -0.2) is 0 Å². The minimum atomic E-state index is 0.540. The highest BCUT2D eigenvalue weighted by molar-refractivity contribution is 7.98. The number of hydrogen-bond acceptors (Lipinski definition) is 5. The molecule has 2 rings (SSSR count). The molecular formula is C14H19N3OS. The smallest absolute Gasteiger partial charge is 0.237 e. The Balaban J connectivity index is 1.94. The number of anilines is 1. The van der Waals surface area contributed by atoms with Crippen LogP contribution in [0.2, 0.25) is 0 Å². The molecule has 102 valence electrons. The van der Waals surface area contributed by atoms with Crippen molar-refractivity contribution in [1.29, 1.82) is 0 Å². The first-order valence-electron chi connectivity index (χ1n) is 6.35. The van der Waals surface area contributed by atoms with Crippen molar-refractivity contribution in [3.05, 3.63) is 35.5 Å². The molecule has 0 unspecified atom stereocenters. The number of nitrogen functional groups attached to an aromatic ring is 1. The highest BCUT2D eigenvalue weighted by Crippen LogP contribution is 2.25. The largest absolute Gasteiger partial charge is 0.399 e. The lowest BCUT2D eigenvalue weighted by Crippen LogP contribution is -1.96. The SMILES string of the molecule is Cc1cc(SCc2nc(CC(C)C)no2)ccc1N. The van der Waals surface area contributed by atoms with Gasteiger partial charge in [0.25, 0.3) is 0 Å². The summed E-state index contributed by atoms with van der Waals surface area (Å²) in [5, 5.41) is 3.98. The maximum atomic E-state index is 5.80. The van der Waals surface area contributed by atoms with E-state index >= 15 is 0 Å². The van der Waals surface area contributed by atoms with Crippen molar-refractivity contribution < 1.29 is 4.52 Å². The Kier molecular flexibility index (Phi) is 4.47. The average molecular weight is 277 g/mol. The van der Waals surface area contributed by atoms with Crippen molar-refractivity contribution >= 4 is 17.4 Å². The van der Waals surface area contributed by atoms with Crippen LogP contribution in [0.3, 0.4) is 0 Å². The van der Waals surface area contributed by atoms with Gasteiger partial charge in [-0.3, -0.25) is 0 Å². The monoisotopic (exact) mass is 277 g/mol. The van der Waals surface area contributed by atoms with E-state index in [0.29, 0.717) is 17.6 Å². The molecule has 1 heterocycles. The molecule has 19 heavy (non-hydrogen) atoms. The summed E-state index contributed by atoms with van der Waals surface area (Å²) in [4.78, 5) is 5.54. The Labute approximate surface area is 117 Å². The molecule has 5 heteroatoms. The standard InChI is InChI=1S/C14H19N3OS/c1-9(2)6-13-16-14(18-17-13)8-19-11-4-5-12(15)10(3)7-11/h4-5,7,9H,6,8,15H2,1-3H3. The second-order valence-electron chi connectivity index (χ2n) is 5.01. The van der Waals surface area contributed by atoms with Crippen LogP contribution in [0.15, 0.2) is 27.6 Å². The van der Waals surface area contributed by atoms with Crippen LogP contribution in [0.1, 0.15) is 31.1 Å². The van der Waals surface area contributed by atoms with E-state index in [4.69, 9.17) is 10.3 Å². The van der Waals surface area contributed by atoms with Gasteiger partial charge in [-0.2, -0.15) is 4.98 Å². The van der Waals surface area contributed by atoms with E-state index in [-0.39, 0.29) is 0 Å². The molecule has 4 nitrogen and oxygen atoms in total. The minimum absolute atomic E-state index is 0.540. The summed E-state index contributed by atoms with van der Waals surface area (Å²) in [5.74, 6) is 2.70. The van der Waals surface area contributed by atoms with Gasteiger partial charge in [0.1, 0.15) is 0 Å². The van der Waals surface area contributed by atoms with Crippen molar-refractivity contribution in [3.8, 4) is 0 Å². The second kappa shape index (κ2) is 6.10. The fourth-order valence-corrected chi connectivity index (χ4v) is 2.51. The molecule has 0 atom stereocenters. The summed E-state index contributed by atoms with van der Waals surface area (Å²) < 4.78 is 5.23. The Morgan fingerprint density at radius 1 is 1.37 bits per heavy atom. The van der Waals surface area contributed by atoms with E-state index in [1.807, 2.05) is 19.1 Å². The van der Waals surface area contributed by atoms with Crippen molar-refractivity contribution in [2.75, 3.05) is 5.73 Å². The van der Waals surface area contributed by atoms with E-state index in [0.717, 1.165) is 28.4 Å². The third-order valence-corrected chi connectivity index (χ3v) is 3.68. The number of aromatic nitrogens is 2. The molecule has 0 spiro atoms. The minimum Gasteiger partial charge on any atom is -0.399 e. The first-order chi connectivity index (χ1) is 9.04. The van der Waals surface area contributed by atoms with Gasteiger partial charge < -0.3 is 10.3 Å². The van der Waals surface area contributed by atoms with Crippen molar-refractivity contribution in [1.82, 2.24) is 10.1 Å². The predicted octanol–water partition coefficient (Wildman–Crippen LogP) is 3.45. The van der Waals surface area contributed by atoms with Crippen molar-refractivity contribution in [3.63, 3.8) is 0 Å². The van der Waals surface area contributed by atoms with Gasteiger partial charge in [0.2, 0.25) is 5.89 Å². The summed E-state index contributed by atoms with van der Waals surface area (Å²) in [5.41, 5.74) is 7.71. The molecule has 0 radical (unpaired) electrons. The van der Waals surface area contributed by atoms with Crippen molar-refractivity contribution in [2.24, 2.45) is 5.92 Å². The van der Waals surface area contributed by atoms with Crippen LogP contribution in [-0.2, 0) is 12.2 Å². The van der Waals surface area contributed by atoms with Crippen molar-refractivity contribution in [2.45, 2.75) is 37.8 Å². The number of benzene rings is 1. The van der Waals surface area contributed by atoms with Gasteiger partial charge in [-0.15, -0.1) is 11.8 Å². The quantitative estimate of drug-likeness (QED) is 0.670. The fraction of sp³-hybridized carbons (Fsp3) is 0.429. The number of nitrogens with two attached hydrogens (primary N) is 1. The number of aryl methyl sites for hydroxylation is 1. The Bertz CT molecular complexity index is 551. The van der Waals surface area contributed by atoms with E-state index in [1.54, 1.807) is 11.8 Å². The van der Waals surface area contributed by atoms with Gasteiger partial charge in [-0.1, -0.05) is 19.0 Å². The molecule has 1 aromatic heterocycles. The maximum absolute atomic E-state index is 5.80. The fourth-order valence-electron chi connectivity index (χ4n) is 1.68. The molecule has 2 aromatic rings. The molecule has 0 saturated carbocycles. The molecule has 0 fully saturated rings. The van der Waals surface area contributed by atoms with Gasteiger partial charge >= 0.3 is 0 Å². The average Bonchev–Trinajstić information content (AvgIpc) is 2.77.